The first kappa shape index (κ1) is 13.7. The molecule has 0 fully saturated rings. The molecular formula is C16H12N4O2. The third kappa shape index (κ3) is 2.76. The van der Waals surface area contributed by atoms with E-state index in [4.69, 9.17) is 0 Å². The Morgan fingerprint density at radius 2 is 1.77 bits per heavy atom. The number of hydrogen-bond acceptors (Lipinski definition) is 5. The summed E-state index contributed by atoms with van der Waals surface area (Å²) in [6.07, 6.45) is 1.64. The molecule has 0 amide bonds. The number of fused-ring (bicyclic) bond motifs is 1. The first-order valence-electron chi connectivity index (χ1n) is 6.58. The maximum Gasteiger partial charge on any atom is 0.356 e. The van der Waals surface area contributed by atoms with Crippen LogP contribution in [0.4, 0.5) is 5.82 Å². The largest absolute Gasteiger partial charge is 0.476 e. The van der Waals surface area contributed by atoms with Crippen LogP contribution in [0.3, 0.4) is 0 Å². The predicted molar refractivity (Wildman–Crippen MR) is 83.8 cm³/mol. The average Bonchev–Trinajstić information content (AvgIpc) is 2.56. The zero-order chi connectivity index (χ0) is 15.4. The Morgan fingerprint density at radius 1 is 1.05 bits per heavy atom. The molecule has 108 valence electrons. The molecular weight excluding hydrogens is 280 g/mol. The van der Waals surface area contributed by atoms with Gasteiger partial charge in [0.25, 0.3) is 0 Å². The second-order valence-electron chi connectivity index (χ2n) is 4.52. The highest BCUT2D eigenvalue weighted by Gasteiger charge is 2.12. The molecule has 0 atom stereocenters. The van der Waals surface area contributed by atoms with Crippen LogP contribution in [0.5, 0.6) is 0 Å². The summed E-state index contributed by atoms with van der Waals surface area (Å²) in [6.45, 7) is 0. The molecule has 0 radical (unpaired) electrons. The highest BCUT2D eigenvalue weighted by atomic mass is 16.4. The molecule has 0 bridgehead atoms. The van der Waals surface area contributed by atoms with Crippen LogP contribution in [0, 0.1) is 0 Å². The maximum atomic E-state index is 11.4. The van der Waals surface area contributed by atoms with Crippen molar-refractivity contribution in [3.63, 3.8) is 0 Å². The molecule has 0 aliphatic carbocycles. The molecule has 0 spiro atoms. The van der Waals surface area contributed by atoms with Crippen LogP contribution in [0.2, 0.25) is 0 Å². The SMILES string of the molecule is O=C(O)/C(=N/Nc1nncc2ccccc12)c1ccccc1. The van der Waals surface area contributed by atoms with Crippen molar-refractivity contribution in [2.24, 2.45) is 5.10 Å². The fourth-order valence-electron chi connectivity index (χ4n) is 2.05. The van der Waals surface area contributed by atoms with E-state index in [0.717, 1.165) is 10.8 Å². The van der Waals surface area contributed by atoms with Gasteiger partial charge < -0.3 is 5.11 Å². The topological polar surface area (TPSA) is 87.5 Å². The van der Waals surface area contributed by atoms with Gasteiger partial charge in [-0.25, -0.2) is 4.79 Å². The lowest BCUT2D eigenvalue weighted by Crippen LogP contribution is -2.16. The number of hydrazone groups is 1. The van der Waals surface area contributed by atoms with Crippen molar-refractivity contribution in [2.45, 2.75) is 0 Å². The highest BCUT2D eigenvalue weighted by Crippen LogP contribution is 2.19. The molecule has 3 aromatic rings. The van der Waals surface area contributed by atoms with Crippen molar-refractivity contribution in [3.8, 4) is 0 Å². The number of rotatable bonds is 4. The third-order valence-corrected chi connectivity index (χ3v) is 3.09. The van der Waals surface area contributed by atoms with Gasteiger partial charge in [0.05, 0.1) is 6.20 Å². The molecule has 22 heavy (non-hydrogen) atoms. The van der Waals surface area contributed by atoms with Gasteiger partial charge in [-0.2, -0.15) is 10.2 Å². The van der Waals surface area contributed by atoms with Crippen LogP contribution in [0.15, 0.2) is 65.9 Å². The molecule has 1 aromatic heterocycles. The van der Waals surface area contributed by atoms with Crippen LogP contribution in [0.25, 0.3) is 10.8 Å². The highest BCUT2D eigenvalue weighted by molar-refractivity contribution is 6.42. The van der Waals surface area contributed by atoms with Gasteiger partial charge in [-0.15, -0.1) is 5.10 Å². The normalized spacial score (nSPS) is 11.4. The van der Waals surface area contributed by atoms with Gasteiger partial charge >= 0.3 is 5.97 Å². The molecule has 2 aromatic carbocycles. The second kappa shape index (κ2) is 6.01. The lowest BCUT2D eigenvalue weighted by Gasteiger charge is -2.05. The van der Waals surface area contributed by atoms with Gasteiger partial charge in [0.15, 0.2) is 11.5 Å². The number of aromatic nitrogens is 2. The van der Waals surface area contributed by atoms with Crippen LogP contribution in [0.1, 0.15) is 5.56 Å². The Labute approximate surface area is 126 Å². The van der Waals surface area contributed by atoms with Gasteiger partial charge in [-0.05, 0) is 0 Å². The molecule has 3 rings (SSSR count). The Hall–Kier alpha value is -3.28. The minimum Gasteiger partial charge on any atom is -0.476 e. The molecule has 0 unspecified atom stereocenters. The van der Waals surface area contributed by atoms with Crippen LogP contribution in [-0.2, 0) is 4.79 Å². The van der Waals surface area contributed by atoms with Crippen molar-refractivity contribution in [1.29, 1.82) is 0 Å². The minimum atomic E-state index is -1.12. The van der Waals surface area contributed by atoms with Gasteiger partial charge in [-0.3, -0.25) is 5.43 Å². The average molecular weight is 292 g/mol. The van der Waals surface area contributed by atoms with E-state index >= 15 is 0 Å². The van der Waals surface area contributed by atoms with Crippen LogP contribution in [-0.4, -0.2) is 27.0 Å². The summed E-state index contributed by atoms with van der Waals surface area (Å²) in [5.74, 6) is -0.709. The van der Waals surface area contributed by atoms with Crippen molar-refractivity contribution in [3.05, 3.63) is 66.4 Å². The van der Waals surface area contributed by atoms with E-state index in [1.807, 2.05) is 30.3 Å². The van der Waals surface area contributed by atoms with E-state index in [1.54, 1.807) is 30.5 Å². The molecule has 2 N–H and O–H groups in total. The summed E-state index contributed by atoms with van der Waals surface area (Å²) in [4.78, 5) is 11.4. The summed E-state index contributed by atoms with van der Waals surface area (Å²) < 4.78 is 0. The van der Waals surface area contributed by atoms with E-state index < -0.39 is 5.97 Å². The standard InChI is InChI=1S/C16H12N4O2/c21-16(22)14(11-6-2-1-3-7-11)18-20-15-13-9-5-4-8-12(13)10-17-19-15/h1-10H,(H,19,20)(H,21,22)/b18-14+. The number of carbonyl (C=O) groups is 1. The lowest BCUT2D eigenvalue weighted by atomic mass is 10.1. The molecule has 0 aliphatic rings. The van der Waals surface area contributed by atoms with Crippen molar-refractivity contribution in [2.75, 3.05) is 5.43 Å². The van der Waals surface area contributed by atoms with Crippen molar-refractivity contribution >= 4 is 28.3 Å². The van der Waals surface area contributed by atoms with E-state index in [0.29, 0.717) is 11.4 Å². The first-order chi connectivity index (χ1) is 10.8. The summed E-state index contributed by atoms with van der Waals surface area (Å²) in [7, 11) is 0. The van der Waals surface area contributed by atoms with Gasteiger partial charge in [0.2, 0.25) is 0 Å². The summed E-state index contributed by atoms with van der Waals surface area (Å²) in [5, 5.41) is 22.9. The minimum absolute atomic E-state index is 0.0877. The third-order valence-electron chi connectivity index (χ3n) is 3.09. The number of carboxylic acids is 1. The fraction of sp³-hybridized carbons (Fsp3) is 0. The zero-order valence-electron chi connectivity index (χ0n) is 11.5. The Bertz CT molecular complexity index is 842. The molecule has 0 saturated carbocycles. The number of carboxylic acid groups (broad SMARTS) is 1. The van der Waals surface area contributed by atoms with Gasteiger partial charge in [-0.1, -0.05) is 54.6 Å². The van der Waals surface area contributed by atoms with E-state index in [2.05, 4.69) is 20.7 Å². The van der Waals surface area contributed by atoms with E-state index in [9.17, 15) is 9.90 Å². The van der Waals surface area contributed by atoms with E-state index in [-0.39, 0.29) is 5.71 Å². The number of benzene rings is 2. The maximum absolute atomic E-state index is 11.4. The zero-order valence-corrected chi connectivity index (χ0v) is 11.5. The van der Waals surface area contributed by atoms with Crippen LogP contribution >= 0.6 is 0 Å². The monoisotopic (exact) mass is 292 g/mol. The summed E-state index contributed by atoms with van der Waals surface area (Å²) in [6, 6.07) is 16.2. The molecule has 0 aliphatic heterocycles. The van der Waals surface area contributed by atoms with E-state index in [1.165, 1.54) is 0 Å². The van der Waals surface area contributed by atoms with Gasteiger partial charge in [0.1, 0.15) is 0 Å². The second-order valence-corrected chi connectivity index (χ2v) is 4.52. The number of anilines is 1. The van der Waals surface area contributed by atoms with Crippen molar-refractivity contribution < 1.29 is 9.90 Å². The Balaban J connectivity index is 1.98. The molecule has 6 nitrogen and oxygen atoms in total. The quantitative estimate of drug-likeness (QED) is 0.570. The number of nitrogens with one attached hydrogen (secondary N) is 1. The Morgan fingerprint density at radius 3 is 2.55 bits per heavy atom. The number of aliphatic carboxylic acids is 1. The fourth-order valence-corrected chi connectivity index (χ4v) is 2.05. The Kier molecular flexibility index (Phi) is 3.74. The number of hydrogen-bond donors (Lipinski definition) is 2. The molecule has 6 heteroatoms. The summed E-state index contributed by atoms with van der Waals surface area (Å²) >= 11 is 0. The molecule has 0 saturated heterocycles. The van der Waals surface area contributed by atoms with Gasteiger partial charge in [0, 0.05) is 16.3 Å². The van der Waals surface area contributed by atoms with Crippen LogP contribution < -0.4 is 5.43 Å². The lowest BCUT2D eigenvalue weighted by molar-refractivity contribution is -0.129. The smallest absolute Gasteiger partial charge is 0.356 e. The van der Waals surface area contributed by atoms with Crippen molar-refractivity contribution in [1.82, 2.24) is 10.2 Å². The molecule has 1 heterocycles. The number of nitrogens with zero attached hydrogens (tertiary/aromatic N) is 3. The summed E-state index contributed by atoms with van der Waals surface area (Å²) in [5.41, 5.74) is 3.12. The first-order valence-corrected chi connectivity index (χ1v) is 6.58. The predicted octanol–water partition coefficient (Wildman–Crippen LogP) is 2.53.